The van der Waals surface area contributed by atoms with Gasteiger partial charge < -0.3 is 0 Å². The molecule has 0 amide bonds. The smallest absolute Gasteiger partial charge is 0.0326 e. The summed E-state index contributed by atoms with van der Waals surface area (Å²) in [5, 5.41) is 0. The largest absolute Gasteiger partial charge is 0.100 e. The Labute approximate surface area is 83.7 Å². The molecule has 0 fully saturated rings. The average Bonchev–Trinajstić information content (AvgIpc) is 2.01. The zero-order valence-corrected chi connectivity index (χ0v) is 9.47. The maximum Gasteiger partial charge on any atom is -0.0326 e. The van der Waals surface area contributed by atoms with Gasteiger partial charge in [-0.15, -0.1) is 6.58 Å². The Bertz CT molecular complexity index is 151. The van der Waals surface area contributed by atoms with E-state index in [9.17, 15) is 0 Å². The molecule has 0 aromatic carbocycles. The van der Waals surface area contributed by atoms with E-state index in [1.165, 1.54) is 37.7 Å². The predicted molar refractivity (Wildman–Crippen MR) is 61.9 cm³/mol. The highest BCUT2D eigenvalue weighted by Crippen LogP contribution is 2.07. The average molecular weight is 180 g/mol. The van der Waals surface area contributed by atoms with Crippen molar-refractivity contribution in [3.63, 3.8) is 0 Å². The Hall–Kier alpha value is -0.520. The monoisotopic (exact) mass is 180 g/mol. The molecule has 0 saturated heterocycles. The van der Waals surface area contributed by atoms with E-state index >= 15 is 0 Å². The molecule has 0 aliphatic heterocycles. The molecule has 0 radical (unpaired) electrons. The van der Waals surface area contributed by atoms with Crippen molar-refractivity contribution in [3.05, 3.63) is 24.3 Å². The molecule has 76 valence electrons. The number of hydrogen-bond acceptors (Lipinski definition) is 0. The summed E-state index contributed by atoms with van der Waals surface area (Å²) in [6, 6.07) is 0. The molecule has 0 rings (SSSR count). The fraction of sp³-hybridized carbons (Fsp3) is 0.692. The van der Waals surface area contributed by atoms with Crippen molar-refractivity contribution in [2.75, 3.05) is 0 Å². The van der Waals surface area contributed by atoms with Crippen molar-refractivity contribution < 1.29 is 0 Å². The van der Waals surface area contributed by atoms with Crippen molar-refractivity contribution in [1.29, 1.82) is 0 Å². The molecule has 0 heteroatoms. The summed E-state index contributed by atoms with van der Waals surface area (Å²) in [4.78, 5) is 0. The van der Waals surface area contributed by atoms with Crippen molar-refractivity contribution >= 4 is 0 Å². The van der Waals surface area contributed by atoms with E-state index in [4.69, 9.17) is 0 Å². The summed E-state index contributed by atoms with van der Waals surface area (Å²) in [5.74, 6) is 0.798. The maximum absolute atomic E-state index is 3.89. The molecule has 0 saturated carbocycles. The summed E-state index contributed by atoms with van der Waals surface area (Å²) in [5.41, 5.74) is 1.31. The Morgan fingerprint density at radius 1 is 1.23 bits per heavy atom. The van der Waals surface area contributed by atoms with Crippen LogP contribution in [-0.2, 0) is 0 Å². The van der Waals surface area contributed by atoms with Crippen molar-refractivity contribution in [2.45, 2.75) is 52.9 Å². The van der Waals surface area contributed by atoms with Gasteiger partial charge in [0.2, 0.25) is 0 Å². The Morgan fingerprint density at radius 3 is 2.46 bits per heavy atom. The van der Waals surface area contributed by atoms with Crippen LogP contribution in [-0.4, -0.2) is 0 Å². The van der Waals surface area contributed by atoms with E-state index in [1.54, 1.807) is 0 Å². The summed E-state index contributed by atoms with van der Waals surface area (Å²) < 4.78 is 0. The van der Waals surface area contributed by atoms with Crippen molar-refractivity contribution in [1.82, 2.24) is 0 Å². The number of allylic oxidation sites excluding steroid dienone is 3. The zero-order valence-electron chi connectivity index (χ0n) is 9.47. The molecule has 0 nitrogen and oxygen atoms in total. The van der Waals surface area contributed by atoms with Gasteiger partial charge in [-0.25, -0.2) is 0 Å². The van der Waals surface area contributed by atoms with Crippen molar-refractivity contribution in [2.24, 2.45) is 5.92 Å². The van der Waals surface area contributed by atoms with Gasteiger partial charge in [0, 0.05) is 0 Å². The predicted octanol–water partition coefficient (Wildman–Crippen LogP) is 4.73. The van der Waals surface area contributed by atoms with Gasteiger partial charge in [-0.2, -0.15) is 0 Å². The van der Waals surface area contributed by atoms with Crippen LogP contribution >= 0.6 is 0 Å². The number of hydrogen-bond donors (Lipinski definition) is 0. The second kappa shape index (κ2) is 8.10. The van der Waals surface area contributed by atoms with Crippen LogP contribution in [0.1, 0.15) is 52.9 Å². The molecule has 0 aliphatic rings. The molecule has 0 atom stereocenters. The van der Waals surface area contributed by atoms with Crippen molar-refractivity contribution in [3.8, 4) is 0 Å². The van der Waals surface area contributed by atoms with Gasteiger partial charge in [0.25, 0.3) is 0 Å². The highest BCUT2D eigenvalue weighted by Gasteiger charge is 1.88. The summed E-state index contributed by atoms with van der Waals surface area (Å²) >= 11 is 0. The molecule has 0 N–H and O–H groups in total. The highest BCUT2D eigenvalue weighted by atomic mass is 13.9. The van der Waals surface area contributed by atoms with Gasteiger partial charge >= 0.3 is 0 Å². The van der Waals surface area contributed by atoms with E-state index in [2.05, 4.69) is 39.5 Å². The molecule has 0 aliphatic carbocycles. The lowest BCUT2D eigenvalue weighted by molar-refractivity contribution is 0.660. The first-order valence-electron chi connectivity index (χ1n) is 5.42. The lowest BCUT2D eigenvalue weighted by atomic mass is 10.1. The summed E-state index contributed by atoms with van der Waals surface area (Å²) in [7, 11) is 0. The molecule has 0 spiro atoms. The van der Waals surface area contributed by atoms with E-state index in [0.717, 1.165) is 5.92 Å². The van der Waals surface area contributed by atoms with Gasteiger partial charge in [-0.05, 0) is 44.9 Å². The Kier molecular flexibility index (Phi) is 7.77. The third-order valence-electron chi connectivity index (χ3n) is 2.00. The summed E-state index contributed by atoms with van der Waals surface area (Å²) in [6.07, 6.45) is 10.9. The Balaban J connectivity index is 3.15. The minimum Gasteiger partial charge on any atom is -0.100 e. The minimum atomic E-state index is 0.798. The van der Waals surface area contributed by atoms with E-state index < -0.39 is 0 Å². The fourth-order valence-corrected chi connectivity index (χ4v) is 1.18. The molecule has 0 unspecified atom stereocenters. The second-order valence-electron chi connectivity index (χ2n) is 4.30. The first-order valence-corrected chi connectivity index (χ1v) is 5.42. The number of unbranched alkanes of at least 4 members (excludes halogenated alkanes) is 2. The van der Waals surface area contributed by atoms with E-state index in [1.807, 2.05) is 0 Å². The maximum atomic E-state index is 3.89. The highest BCUT2D eigenvalue weighted by molar-refractivity contribution is 4.88. The lowest BCUT2D eigenvalue weighted by Gasteiger charge is -1.98. The van der Waals surface area contributed by atoms with Crippen LogP contribution in [0.2, 0.25) is 0 Å². The van der Waals surface area contributed by atoms with E-state index in [-0.39, 0.29) is 0 Å². The third kappa shape index (κ3) is 11.5. The van der Waals surface area contributed by atoms with Gasteiger partial charge in [-0.1, -0.05) is 31.6 Å². The minimum absolute atomic E-state index is 0.798. The molecule has 0 bridgehead atoms. The first-order chi connectivity index (χ1) is 6.13. The van der Waals surface area contributed by atoms with Crippen LogP contribution in [0.3, 0.4) is 0 Å². The van der Waals surface area contributed by atoms with Crippen LogP contribution < -0.4 is 0 Å². The van der Waals surface area contributed by atoms with Crippen LogP contribution in [0, 0.1) is 5.92 Å². The Morgan fingerprint density at radius 2 is 1.92 bits per heavy atom. The number of rotatable bonds is 7. The lowest BCUT2D eigenvalue weighted by Crippen LogP contribution is -1.81. The molecule has 0 aromatic rings. The topological polar surface area (TPSA) is 0 Å². The fourth-order valence-electron chi connectivity index (χ4n) is 1.18. The van der Waals surface area contributed by atoms with Gasteiger partial charge in [0.15, 0.2) is 0 Å². The van der Waals surface area contributed by atoms with Crippen LogP contribution in [0.25, 0.3) is 0 Å². The molecular weight excluding hydrogens is 156 g/mol. The normalized spacial score (nSPS) is 11.4. The van der Waals surface area contributed by atoms with Gasteiger partial charge in [0.05, 0.1) is 0 Å². The van der Waals surface area contributed by atoms with E-state index in [0.29, 0.717) is 0 Å². The first kappa shape index (κ1) is 12.5. The van der Waals surface area contributed by atoms with Gasteiger partial charge in [0.1, 0.15) is 0 Å². The van der Waals surface area contributed by atoms with Crippen LogP contribution in [0.15, 0.2) is 24.3 Å². The van der Waals surface area contributed by atoms with Crippen LogP contribution in [0.5, 0.6) is 0 Å². The molecular formula is C13H24. The zero-order chi connectivity index (χ0) is 10.1. The summed E-state index contributed by atoms with van der Waals surface area (Å²) in [6.45, 7) is 10.5. The molecule has 0 aromatic heterocycles. The molecule has 13 heavy (non-hydrogen) atoms. The molecule has 0 heterocycles. The van der Waals surface area contributed by atoms with Gasteiger partial charge in [-0.3, -0.25) is 0 Å². The SMILES string of the molecule is C=C(C)CCCCC=CCC(C)C. The van der Waals surface area contributed by atoms with Crippen LogP contribution in [0.4, 0.5) is 0 Å². The standard InChI is InChI=1S/C13H24/c1-12(2)10-8-6-5-7-9-11-13(3)4/h7,9,13H,1,5-6,8,10-11H2,2-4H3. The quantitative estimate of drug-likeness (QED) is 0.392. The third-order valence-corrected chi connectivity index (χ3v) is 2.00. The second-order valence-corrected chi connectivity index (χ2v) is 4.30.